The summed E-state index contributed by atoms with van der Waals surface area (Å²) >= 11 is 1.36. The maximum Gasteiger partial charge on any atom is 0.333 e. The minimum absolute atomic E-state index is 0.0612. The average Bonchev–Trinajstić information content (AvgIpc) is 3.66. The number of morpholine rings is 2. The largest absolute Gasteiger partial charge is 0.379 e. The molecule has 1 aliphatic carbocycles. The second kappa shape index (κ2) is 11.3. The minimum atomic E-state index is -0.514. The molecule has 0 radical (unpaired) electrons. The van der Waals surface area contributed by atoms with Crippen molar-refractivity contribution in [3.63, 3.8) is 0 Å². The number of anilines is 2. The number of nitrogens with one attached hydrogen (secondary N) is 3. The summed E-state index contributed by atoms with van der Waals surface area (Å²) < 4.78 is 10.7. The number of rotatable bonds is 7. The Morgan fingerprint density at radius 2 is 1.77 bits per heavy atom. The van der Waals surface area contributed by atoms with Gasteiger partial charge in [0.1, 0.15) is 11.7 Å². The highest BCUT2D eigenvalue weighted by molar-refractivity contribution is 7.17. The predicted octanol–water partition coefficient (Wildman–Crippen LogP) is 2.89. The zero-order valence-corrected chi connectivity index (χ0v) is 22.1. The van der Waals surface area contributed by atoms with Crippen LogP contribution >= 0.6 is 11.3 Å². The van der Waals surface area contributed by atoms with Gasteiger partial charge < -0.3 is 20.1 Å². The molecule has 0 saturated carbocycles. The molecular weight excluding hydrogens is 522 g/mol. The predicted molar refractivity (Wildman–Crippen MR) is 145 cm³/mol. The van der Waals surface area contributed by atoms with E-state index < -0.39 is 12.1 Å². The Kier molecular flexibility index (Phi) is 7.48. The van der Waals surface area contributed by atoms with Gasteiger partial charge in [0.25, 0.3) is 0 Å². The van der Waals surface area contributed by atoms with Crippen molar-refractivity contribution < 1.29 is 23.9 Å². The molecule has 2 fully saturated rings. The number of carbonyl (C=O) groups is 3. The van der Waals surface area contributed by atoms with Crippen LogP contribution in [0.15, 0.2) is 46.1 Å². The van der Waals surface area contributed by atoms with E-state index in [-0.39, 0.29) is 11.7 Å². The third-order valence-corrected chi connectivity index (χ3v) is 8.05. The van der Waals surface area contributed by atoms with Crippen molar-refractivity contribution in [3.8, 4) is 0 Å². The maximum atomic E-state index is 13.6. The standard InChI is InChI=1S/C26H29N7O5S/c34-19(6-7-32-8-12-37-13-9-32)28-20-5-4-18(39-20)24-22-23(29-30-24)16-2-1-3-17(21(16)25(22)35)27-26(36)31-33-10-14-38-15-11-33/h1-5,23H,6-15H2,(H,28,34)(H2,27,31,36). The highest BCUT2D eigenvalue weighted by Gasteiger charge is 2.42. The number of ether oxygens (including phenoxy) is 2. The van der Waals surface area contributed by atoms with Crippen molar-refractivity contribution in [2.75, 3.05) is 69.8 Å². The molecule has 3 aliphatic heterocycles. The van der Waals surface area contributed by atoms with Crippen LogP contribution in [0.5, 0.6) is 0 Å². The highest BCUT2D eigenvalue weighted by atomic mass is 32.1. The summed E-state index contributed by atoms with van der Waals surface area (Å²) in [5.41, 5.74) is 5.36. The molecule has 1 unspecified atom stereocenters. The monoisotopic (exact) mass is 551 g/mol. The fourth-order valence-electron chi connectivity index (χ4n) is 5.06. The number of nitrogens with zero attached hydrogens (tertiary/aromatic N) is 4. The lowest BCUT2D eigenvalue weighted by atomic mass is 10.1. The molecule has 2 saturated heterocycles. The molecule has 0 bridgehead atoms. The van der Waals surface area contributed by atoms with Crippen molar-refractivity contribution in [1.82, 2.24) is 15.3 Å². The number of thiophene rings is 1. The van der Waals surface area contributed by atoms with Gasteiger partial charge in [-0.3, -0.25) is 19.9 Å². The van der Waals surface area contributed by atoms with E-state index in [4.69, 9.17) is 9.47 Å². The van der Waals surface area contributed by atoms with Crippen LogP contribution in [0.25, 0.3) is 5.70 Å². The minimum Gasteiger partial charge on any atom is -0.379 e. The summed E-state index contributed by atoms with van der Waals surface area (Å²) in [5.74, 6) is -0.268. The van der Waals surface area contributed by atoms with Crippen LogP contribution in [0.2, 0.25) is 0 Å². The summed E-state index contributed by atoms with van der Waals surface area (Å²) in [6, 6.07) is 8.08. The van der Waals surface area contributed by atoms with Crippen LogP contribution in [-0.2, 0) is 14.3 Å². The number of urea groups is 1. The van der Waals surface area contributed by atoms with Crippen LogP contribution in [-0.4, -0.2) is 86.8 Å². The summed E-state index contributed by atoms with van der Waals surface area (Å²) in [6.07, 6.45) is 0.394. The topological polar surface area (TPSA) is 137 Å². The number of hydrazine groups is 1. The average molecular weight is 552 g/mol. The highest BCUT2D eigenvalue weighted by Crippen LogP contribution is 2.50. The van der Waals surface area contributed by atoms with Crippen molar-refractivity contribution in [3.05, 3.63) is 51.9 Å². The quantitative estimate of drug-likeness (QED) is 0.481. The van der Waals surface area contributed by atoms with Crippen LogP contribution in [0.1, 0.15) is 33.3 Å². The smallest absolute Gasteiger partial charge is 0.333 e. The molecule has 4 heterocycles. The first-order valence-corrected chi connectivity index (χ1v) is 13.8. The van der Waals surface area contributed by atoms with Crippen LogP contribution < -0.4 is 16.1 Å². The Hall–Kier alpha value is -3.49. The molecule has 1 aromatic carbocycles. The fourth-order valence-corrected chi connectivity index (χ4v) is 5.99. The third-order valence-electron chi connectivity index (χ3n) is 7.04. The number of amides is 3. The Morgan fingerprint density at radius 3 is 2.56 bits per heavy atom. The molecule has 1 atom stereocenters. The number of azo groups is 1. The molecule has 12 nitrogen and oxygen atoms in total. The van der Waals surface area contributed by atoms with E-state index in [1.165, 1.54) is 11.3 Å². The summed E-state index contributed by atoms with van der Waals surface area (Å²) in [4.78, 5) is 41.7. The molecular formula is C26H29N7O5S. The van der Waals surface area contributed by atoms with E-state index in [0.29, 0.717) is 85.6 Å². The van der Waals surface area contributed by atoms with Gasteiger partial charge in [-0.1, -0.05) is 12.1 Å². The van der Waals surface area contributed by atoms with Gasteiger partial charge in [0.2, 0.25) is 5.91 Å². The third kappa shape index (κ3) is 5.49. The zero-order valence-electron chi connectivity index (χ0n) is 21.3. The first kappa shape index (κ1) is 25.8. The van der Waals surface area contributed by atoms with Gasteiger partial charge in [0.05, 0.1) is 53.1 Å². The van der Waals surface area contributed by atoms with Gasteiger partial charge in [-0.25, -0.2) is 9.80 Å². The van der Waals surface area contributed by atoms with Crippen LogP contribution in [0, 0.1) is 0 Å². The van der Waals surface area contributed by atoms with E-state index in [0.717, 1.165) is 18.0 Å². The number of Topliss-reactive ketones (excluding diaryl/α,β-unsaturated/α-hetero) is 1. The molecule has 0 spiro atoms. The first-order valence-electron chi connectivity index (χ1n) is 13.0. The summed E-state index contributed by atoms with van der Waals surface area (Å²) in [6.45, 7) is 6.04. The second-order valence-electron chi connectivity index (χ2n) is 9.56. The van der Waals surface area contributed by atoms with Gasteiger partial charge in [-0.2, -0.15) is 10.2 Å². The normalized spacial score (nSPS) is 21.1. The molecule has 39 heavy (non-hydrogen) atoms. The Morgan fingerprint density at radius 1 is 1.00 bits per heavy atom. The number of hydrogen-bond donors (Lipinski definition) is 3. The van der Waals surface area contributed by atoms with Crippen molar-refractivity contribution >= 4 is 45.4 Å². The van der Waals surface area contributed by atoms with E-state index in [2.05, 4.69) is 31.2 Å². The summed E-state index contributed by atoms with van der Waals surface area (Å²) in [7, 11) is 0. The molecule has 3 amide bonds. The lowest BCUT2D eigenvalue weighted by Crippen LogP contribution is -2.49. The van der Waals surface area contributed by atoms with Gasteiger partial charge in [-0.15, -0.1) is 11.3 Å². The Bertz CT molecular complexity index is 1340. The molecule has 4 aliphatic rings. The molecule has 1 aromatic heterocycles. The van der Waals surface area contributed by atoms with Crippen molar-refractivity contribution in [1.29, 1.82) is 0 Å². The number of ketones is 1. The van der Waals surface area contributed by atoms with Gasteiger partial charge in [-0.05, 0) is 23.8 Å². The molecule has 6 rings (SSSR count). The lowest BCUT2D eigenvalue weighted by Gasteiger charge is -2.27. The SMILES string of the molecule is O=C(CCN1CCOCC1)Nc1ccc(C2=C3C(=O)c4c(NC(=O)NN5CCOCC5)cccc4C3N=N2)s1. The van der Waals surface area contributed by atoms with E-state index in [1.807, 2.05) is 18.2 Å². The molecule has 13 heteroatoms. The maximum absolute atomic E-state index is 13.6. The van der Waals surface area contributed by atoms with E-state index >= 15 is 0 Å². The molecule has 204 valence electrons. The first-order chi connectivity index (χ1) is 19.1. The van der Waals surface area contributed by atoms with Crippen LogP contribution in [0.4, 0.5) is 15.5 Å². The number of fused-ring (bicyclic) bond motifs is 3. The fraction of sp³-hybridized carbons (Fsp3) is 0.423. The Balaban J connectivity index is 1.14. The molecule has 2 aromatic rings. The van der Waals surface area contributed by atoms with Crippen molar-refractivity contribution in [2.24, 2.45) is 10.2 Å². The van der Waals surface area contributed by atoms with Crippen molar-refractivity contribution in [2.45, 2.75) is 12.5 Å². The molecule has 3 N–H and O–H groups in total. The van der Waals surface area contributed by atoms with Crippen LogP contribution in [0.3, 0.4) is 0 Å². The lowest BCUT2D eigenvalue weighted by molar-refractivity contribution is -0.116. The van der Waals surface area contributed by atoms with Gasteiger partial charge >= 0.3 is 6.03 Å². The van der Waals surface area contributed by atoms with E-state index in [9.17, 15) is 14.4 Å². The Labute approximate surface area is 229 Å². The zero-order chi connectivity index (χ0) is 26.8. The number of carbonyl (C=O) groups excluding carboxylic acids is 3. The van der Waals surface area contributed by atoms with E-state index in [1.54, 1.807) is 17.1 Å². The van der Waals surface area contributed by atoms with Gasteiger partial charge in [0.15, 0.2) is 5.78 Å². The number of hydrogen-bond acceptors (Lipinski definition) is 10. The van der Waals surface area contributed by atoms with Gasteiger partial charge in [0, 0.05) is 39.1 Å². The number of benzene rings is 1. The second-order valence-corrected chi connectivity index (χ2v) is 10.6. The summed E-state index contributed by atoms with van der Waals surface area (Å²) in [5, 5.41) is 17.0.